The lowest BCUT2D eigenvalue weighted by atomic mass is 10.2. The number of imidazole rings is 1. The summed E-state index contributed by atoms with van der Waals surface area (Å²) >= 11 is 0. The van der Waals surface area contributed by atoms with Gasteiger partial charge in [0.1, 0.15) is 11.9 Å². The lowest BCUT2D eigenvalue weighted by molar-refractivity contribution is 0.0916. The zero-order valence-corrected chi connectivity index (χ0v) is 14.0. The van der Waals surface area contributed by atoms with Crippen LogP contribution in [0.25, 0.3) is 0 Å². The molecule has 0 aliphatic carbocycles. The molecule has 3 rings (SSSR count). The molecule has 2 aromatic rings. The van der Waals surface area contributed by atoms with Crippen molar-refractivity contribution in [3.05, 3.63) is 35.7 Å². The van der Waals surface area contributed by atoms with Gasteiger partial charge in [0.2, 0.25) is 0 Å². The predicted octanol–water partition coefficient (Wildman–Crippen LogP) is 0.158. The summed E-state index contributed by atoms with van der Waals surface area (Å²) in [5.41, 5.74) is 1.60. The molecule has 0 amide bonds. The van der Waals surface area contributed by atoms with Crippen molar-refractivity contribution in [2.45, 2.75) is 38.7 Å². The highest BCUT2D eigenvalue weighted by molar-refractivity contribution is 5.14. The lowest BCUT2D eigenvalue weighted by Gasteiger charge is -2.19. The van der Waals surface area contributed by atoms with Crippen LogP contribution in [0.2, 0.25) is 0 Å². The van der Waals surface area contributed by atoms with E-state index in [4.69, 9.17) is 9.84 Å². The molecule has 0 fully saturated rings. The molecular weight excluding hydrogens is 310 g/mol. The number of fused-ring (bicyclic) bond motifs is 1. The van der Waals surface area contributed by atoms with Gasteiger partial charge in [0.25, 0.3) is 0 Å². The number of aryl methyl sites for hydroxylation is 1. The predicted molar refractivity (Wildman–Crippen MR) is 87.1 cm³/mol. The molecule has 0 radical (unpaired) electrons. The maximum absolute atomic E-state index is 9.78. The third kappa shape index (κ3) is 3.84. The lowest BCUT2D eigenvalue weighted by Crippen LogP contribution is -2.25. The zero-order valence-electron chi connectivity index (χ0n) is 14.0. The Morgan fingerprint density at radius 1 is 1.38 bits per heavy atom. The van der Waals surface area contributed by atoms with E-state index >= 15 is 0 Å². The summed E-state index contributed by atoms with van der Waals surface area (Å²) in [6, 6.07) is 1.89. The average molecular weight is 335 g/mol. The van der Waals surface area contributed by atoms with E-state index < -0.39 is 6.10 Å². The number of hydrogen-bond donors (Lipinski definition) is 2. The number of rotatable bonds is 7. The quantitative estimate of drug-likeness (QED) is 0.749. The number of aliphatic hydroxyl groups excluding tert-OH is 2. The van der Waals surface area contributed by atoms with Crippen molar-refractivity contribution in [2.75, 3.05) is 26.9 Å². The van der Waals surface area contributed by atoms with E-state index in [0.29, 0.717) is 12.3 Å². The number of ether oxygens (including phenoxy) is 1. The first-order valence-corrected chi connectivity index (χ1v) is 8.28. The molecule has 0 spiro atoms. The largest absolute Gasteiger partial charge is 0.393 e. The standard InChI is InChI=1S/C16H25N5O3/c1-24-8-7-20-6-3-17-16(20)11-19-4-2-5-21-13(10-19)9-14(18-21)15(23)12-22/h3,6,9,15,22-23H,2,4-5,7-8,10-12H2,1H3/t15-/m1/s1. The summed E-state index contributed by atoms with van der Waals surface area (Å²) in [5, 5.41) is 23.3. The van der Waals surface area contributed by atoms with Crippen molar-refractivity contribution in [2.24, 2.45) is 0 Å². The van der Waals surface area contributed by atoms with E-state index in [1.54, 1.807) is 7.11 Å². The van der Waals surface area contributed by atoms with Crippen molar-refractivity contribution in [1.82, 2.24) is 24.2 Å². The number of aliphatic hydroxyl groups is 2. The third-order valence-corrected chi connectivity index (χ3v) is 4.33. The van der Waals surface area contributed by atoms with Gasteiger partial charge < -0.3 is 19.5 Å². The number of aromatic nitrogens is 4. The van der Waals surface area contributed by atoms with Gasteiger partial charge in [0.15, 0.2) is 0 Å². The Bertz CT molecular complexity index is 654. The van der Waals surface area contributed by atoms with Gasteiger partial charge >= 0.3 is 0 Å². The smallest absolute Gasteiger partial charge is 0.122 e. The monoisotopic (exact) mass is 335 g/mol. The topological polar surface area (TPSA) is 88.6 Å². The highest BCUT2D eigenvalue weighted by atomic mass is 16.5. The summed E-state index contributed by atoms with van der Waals surface area (Å²) in [4.78, 5) is 6.80. The van der Waals surface area contributed by atoms with Gasteiger partial charge in [-0.25, -0.2) is 4.98 Å². The Balaban J connectivity index is 1.69. The molecule has 2 N–H and O–H groups in total. The number of nitrogens with zero attached hydrogens (tertiary/aromatic N) is 5. The van der Waals surface area contributed by atoms with Crippen LogP contribution in [-0.4, -0.2) is 61.3 Å². The van der Waals surface area contributed by atoms with Crippen molar-refractivity contribution >= 4 is 0 Å². The second kappa shape index (κ2) is 7.89. The fourth-order valence-corrected chi connectivity index (χ4v) is 3.03. The van der Waals surface area contributed by atoms with Crippen LogP contribution in [0, 0.1) is 0 Å². The van der Waals surface area contributed by atoms with Gasteiger partial charge in [-0.05, 0) is 12.5 Å². The van der Waals surface area contributed by atoms with Gasteiger partial charge in [0, 0.05) is 45.7 Å². The fourth-order valence-electron chi connectivity index (χ4n) is 3.03. The van der Waals surface area contributed by atoms with Crippen LogP contribution in [0.3, 0.4) is 0 Å². The van der Waals surface area contributed by atoms with E-state index in [2.05, 4.69) is 19.5 Å². The van der Waals surface area contributed by atoms with Gasteiger partial charge in [-0.2, -0.15) is 5.10 Å². The molecule has 0 aromatic carbocycles. The average Bonchev–Trinajstić information content (AvgIpc) is 3.15. The van der Waals surface area contributed by atoms with Gasteiger partial charge in [-0.1, -0.05) is 0 Å². The molecule has 3 heterocycles. The van der Waals surface area contributed by atoms with Crippen LogP contribution >= 0.6 is 0 Å². The molecule has 0 unspecified atom stereocenters. The summed E-state index contributed by atoms with van der Waals surface area (Å²) < 4.78 is 9.20. The summed E-state index contributed by atoms with van der Waals surface area (Å²) in [7, 11) is 1.70. The first-order valence-electron chi connectivity index (χ1n) is 8.28. The third-order valence-electron chi connectivity index (χ3n) is 4.33. The van der Waals surface area contributed by atoms with Crippen LogP contribution in [0.5, 0.6) is 0 Å². The number of hydrogen-bond acceptors (Lipinski definition) is 6. The van der Waals surface area contributed by atoms with Gasteiger partial charge in [-0.3, -0.25) is 9.58 Å². The summed E-state index contributed by atoms with van der Waals surface area (Å²) in [6.45, 7) is 4.46. The van der Waals surface area contributed by atoms with Crippen molar-refractivity contribution < 1.29 is 14.9 Å². The summed E-state index contributed by atoms with van der Waals surface area (Å²) in [5.74, 6) is 1.02. The second-order valence-corrected chi connectivity index (χ2v) is 6.08. The van der Waals surface area contributed by atoms with Crippen LogP contribution in [0.15, 0.2) is 18.5 Å². The van der Waals surface area contributed by atoms with Crippen molar-refractivity contribution in [3.63, 3.8) is 0 Å². The Morgan fingerprint density at radius 2 is 2.25 bits per heavy atom. The Morgan fingerprint density at radius 3 is 3.04 bits per heavy atom. The van der Waals surface area contributed by atoms with E-state index in [-0.39, 0.29) is 6.61 Å². The Kier molecular flexibility index (Phi) is 5.62. The molecular formula is C16H25N5O3. The molecule has 8 heteroatoms. The molecule has 1 atom stereocenters. The minimum atomic E-state index is -0.911. The van der Waals surface area contributed by atoms with Gasteiger partial charge in [0.05, 0.1) is 31.1 Å². The summed E-state index contributed by atoms with van der Waals surface area (Å²) in [6.07, 6.45) is 3.88. The van der Waals surface area contributed by atoms with E-state index in [1.807, 2.05) is 23.1 Å². The molecule has 2 aromatic heterocycles. The van der Waals surface area contributed by atoms with Gasteiger partial charge in [-0.15, -0.1) is 0 Å². The molecule has 132 valence electrons. The SMILES string of the molecule is COCCn1ccnc1CN1CCCn2nc([C@H](O)CO)cc2C1. The molecule has 1 aliphatic rings. The number of methoxy groups -OCH3 is 1. The van der Waals surface area contributed by atoms with Crippen molar-refractivity contribution in [3.8, 4) is 0 Å². The molecule has 0 bridgehead atoms. The minimum absolute atomic E-state index is 0.308. The highest BCUT2D eigenvalue weighted by Crippen LogP contribution is 2.19. The molecule has 24 heavy (non-hydrogen) atoms. The molecule has 1 aliphatic heterocycles. The maximum Gasteiger partial charge on any atom is 0.122 e. The first kappa shape index (κ1) is 17.1. The zero-order chi connectivity index (χ0) is 16.9. The van der Waals surface area contributed by atoms with Crippen LogP contribution in [0.4, 0.5) is 0 Å². The highest BCUT2D eigenvalue weighted by Gasteiger charge is 2.20. The normalized spacial score (nSPS) is 16.8. The van der Waals surface area contributed by atoms with E-state index in [0.717, 1.165) is 50.7 Å². The van der Waals surface area contributed by atoms with Crippen LogP contribution in [0.1, 0.15) is 29.7 Å². The second-order valence-electron chi connectivity index (χ2n) is 6.08. The Hall–Kier alpha value is -1.74. The molecule has 0 saturated carbocycles. The first-order chi connectivity index (χ1) is 11.7. The fraction of sp³-hybridized carbons (Fsp3) is 0.625. The maximum atomic E-state index is 9.78. The van der Waals surface area contributed by atoms with E-state index in [9.17, 15) is 5.11 Å². The van der Waals surface area contributed by atoms with Crippen LogP contribution < -0.4 is 0 Å². The van der Waals surface area contributed by atoms with E-state index in [1.165, 1.54) is 0 Å². The molecule has 8 nitrogen and oxygen atoms in total. The van der Waals surface area contributed by atoms with Crippen molar-refractivity contribution in [1.29, 1.82) is 0 Å². The minimum Gasteiger partial charge on any atom is -0.393 e. The van der Waals surface area contributed by atoms with Crippen LogP contribution in [-0.2, 0) is 30.9 Å². The molecule has 0 saturated heterocycles. The Labute approximate surface area is 141 Å².